The van der Waals surface area contributed by atoms with E-state index in [9.17, 15) is 0 Å². The summed E-state index contributed by atoms with van der Waals surface area (Å²) in [5.74, 6) is 0. The van der Waals surface area contributed by atoms with E-state index in [1.54, 1.807) is 0 Å². The van der Waals surface area contributed by atoms with Crippen LogP contribution in [0.2, 0.25) is 0 Å². The summed E-state index contributed by atoms with van der Waals surface area (Å²) in [5, 5.41) is 7.09. The lowest BCUT2D eigenvalue weighted by Crippen LogP contribution is -2.11. The Morgan fingerprint density at radius 2 is 0.934 bits per heavy atom. The first-order chi connectivity index (χ1) is 30.3. The maximum absolute atomic E-state index is 6.83. The SMILES string of the molecule is c1ccc(-c2ccccc2N(c2ccc(-c3ccc(-c4ccc5c(c4)c4ccccc4n5-c4ccccc4)cc3)cc2)c2cc3ccccc3c3c2oc2ccccc23)cc1. The van der Waals surface area contributed by atoms with Crippen molar-refractivity contribution in [1.82, 2.24) is 4.57 Å². The fourth-order valence-corrected chi connectivity index (χ4v) is 9.33. The topological polar surface area (TPSA) is 21.3 Å². The standard InChI is InChI=1S/C58H38N2O/c1-3-15-42(16-4-1)47-20-9-12-24-52(47)60(55-38-44-17-7-8-21-48(44)57-50-23-11-14-26-56(50)61-58(55)57)46-34-31-40(32-35-46)39-27-29-41(30-28-39)43-33-36-54-51(37-43)49-22-10-13-25-53(49)59(54)45-18-5-2-6-19-45/h1-38H. The lowest BCUT2D eigenvalue weighted by atomic mass is 9.98. The summed E-state index contributed by atoms with van der Waals surface area (Å²) in [7, 11) is 0. The van der Waals surface area contributed by atoms with Crippen LogP contribution in [0.25, 0.3) is 93.6 Å². The van der Waals surface area contributed by atoms with Crippen molar-refractivity contribution in [1.29, 1.82) is 0 Å². The quantitative estimate of drug-likeness (QED) is 0.161. The molecule has 2 heterocycles. The van der Waals surface area contributed by atoms with Gasteiger partial charge in [-0.1, -0.05) is 170 Å². The summed E-state index contributed by atoms with van der Waals surface area (Å²) < 4.78 is 9.19. The van der Waals surface area contributed by atoms with Crippen molar-refractivity contribution >= 4 is 71.6 Å². The molecule has 61 heavy (non-hydrogen) atoms. The minimum Gasteiger partial charge on any atom is -0.454 e. The van der Waals surface area contributed by atoms with Gasteiger partial charge < -0.3 is 13.9 Å². The van der Waals surface area contributed by atoms with E-state index >= 15 is 0 Å². The lowest BCUT2D eigenvalue weighted by molar-refractivity contribution is 0.669. The number of rotatable bonds is 7. The third kappa shape index (κ3) is 5.82. The Labute approximate surface area is 353 Å². The van der Waals surface area contributed by atoms with Gasteiger partial charge in [0.05, 0.1) is 22.4 Å². The number of fused-ring (bicyclic) bond motifs is 8. The zero-order valence-electron chi connectivity index (χ0n) is 33.2. The smallest absolute Gasteiger partial charge is 0.160 e. The summed E-state index contributed by atoms with van der Waals surface area (Å²) in [6.07, 6.45) is 0. The fraction of sp³-hybridized carbons (Fsp3) is 0. The average molecular weight is 779 g/mol. The molecular formula is C58H38N2O. The van der Waals surface area contributed by atoms with E-state index in [2.05, 4.69) is 234 Å². The van der Waals surface area contributed by atoms with E-state index < -0.39 is 0 Å². The highest BCUT2D eigenvalue weighted by Gasteiger charge is 2.24. The first-order valence-corrected chi connectivity index (χ1v) is 20.8. The van der Waals surface area contributed by atoms with Crippen LogP contribution in [0, 0.1) is 0 Å². The molecule has 0 amide bonds. The van der Waals surface area contributed by atoms with Crippen molar-refractivity contribution in [2.75, 3.05) is 4.90 Å². The molecule has 2 aromatic heterocycles. The van der Waals surface area contributed by atoms with Gasteiger partial charge in [0.15, 0.2) is 5.58 Å². The summed E-state index contributed by atoms with van der Waals surface area (Å²) in [5.41, 5.74) is 15.4. The predicted molar refractivity (Wildman–Crippen MR) is 257 cm³/mol. The largest absolute Gasteiger partial charge is 0.454 e. The van der Waals surface area contributed by atoms with E-state index in [4.69, 9.17) is 4.42 Å². The van der Waals surface area contributed by atoms with Gasteiger partial charge in [0.2, 0.25) is 0 Å². The Balaban J connectivity index is 0.957. The van der Waals surface area contributed by atoms with Crippen LogP contribution < -0.4 is 4.90 Å². The van der Waals surface area contributed by atoms with Crippen LogP contribution in [0.4, 0.5) is 17.1 Å². The van der Waals surface area contributed by atoms with Gasteiger partial charge in [-0.3, -0.25) is 0 Å². The van der Waals surface area contributed by atoms with Crippen molar-refractivity contribution in [3.8, 4) is 39.1 Å². The third-order valence-corrected chi connectivity index (χ3v) is 12.2. The van der Waals surface area contributed by atoms with Crippen LogP contribution in [-0.4, -0.2) is 4.57 Å². The van der Waals surface area contributed by atoms with Gasteiger partial charge in [-0.15, -0.1) is 0 Å². The molecule has 3 heteroatoms. The Morgan fingerprint density at radius 1 is 0.361 bits per heavy atom. The molecule has 0 saturated heterocycles. The maximum atomic E-state index is 6.83. The minimum absolute atomic E-state index is 0.866. The highest BCUT2D eigenvalue weighted by atomic mass is 16.3. The second-order valence-electron chi connectivity index (χ2n) is 15.7. The second kappa shape index (κ2) is 14.3. The summed E-state index contributed by atoms with van der Waals surface area (Å²) in [6, 6.07) is 82.7. The number of benzene rings is 10. The lowest BCUT2D eigenvalue weighted by Gasteiger charge is -2.28. The molecule has 0 spiro atoms. The van der Waals surface area contributed by atoms with Crippen LogP contribution in [0.15, 0.2) is 235 Å². The molecule has 0 atom stereocenters. The molecule has 0 radical (unpaired) electrons. The van der Waals surface area contributed by atoms with Gasteiger partial charge in [-0.05, 0) is 99.3 Å². The van der Waals surface area contributed by atoms with Crippen LogP contribution in [0.1, 0.15) is 0 Å². The number of nitrogens with zero attached hydrogens (tertiary/aromatic N) is 2. The monoisotopic (exact) mass is 778 g/mol. The second-order valence-corrected chi connectivity index (χ2v) is 15.7. The van der Waals surface area contributed by atoms with Crippen molar-refractivity contribution in [2.24, 2.45) is 0 Å². The molecule has 0 aliphatic rings. The summed E-state index contributed by atoms with van der Waals surface area (Å²) >= 11 is 0. The molecule has 3 nitrogen and oxygen atoms in total. The first kappa shape index (κ1) is 34.9. The summed E-state index contributed by atoms with van der Waals surface area (Å²) in [6.45, 7) is 0. The molecule has 0 saturated carbocycles. The van der Waals surface area contributed by atoms with Crippen LogP contribution in [-0.2, 0) is 0 Å². The molecule has 0 aliphatic carbocycles. The Morgan fingerprint density at radius 3 is 1.72 bits per heavy atom. The Bertz CT molecular complexity index is 3560. The van der Waals surface area contributed by atoms with Crippen LogP contribution >= 0.6 is 0 Å². The van der Waals surface area contributed by atoms with Crippen molar-refractivity contribution in [2.45, 2.75) is 0 Å². The van der Waals surface area contributed by atoms with Gasteiger partial charge in [0, 0.05) is 38.5 Å². The molecule has 0 N–H and O–H groups in total. The molecule has 0 fully saturated rings. The van der Waals surface area contributed by atoms with E-state index in [0.29, 0.717) is 0 Å². The molecule has 0 bridgehead atoms. The Hall–Kier alpha value is -8.14. The van der Waals surface area contributed by atoms with Gasteiger partial charge in [0.1, 0.15) is 5.58 Å². The van der Waals surface area contributed by atoms with Crippen molar-refractivity contribution in [3.05, 3.63) is 231 Å². The number of hydrogen-bond acceptors (Lipinski definition) is 2. The number of furan rings is 1. The molecule has 12 aromatic rings. The maximum Gasteiger partial charge on any atom is 0.160 e. The van der Waals surface area contributed by atoms with Crippen LogP contribution in [0.3, 0.4) is 0 Å². The van der Waals surface area contributed by atoms with Gasteiger partial charge >= 0.3 is 0 Å². The first-order valence-electron chi connectivity index (χ1n) is 20.8. The zero-order chi connectivity index (χ0) is 40.3. The minimum atomic E-state index is 0.866. The highest BCUT2D eigenvalue weighted by Crippen LogP contribution is 2.48. The van der Waals surface area contributed by atoms with E-state index in [-0.39, 0.29) is 0 Å². The number of aromatic nitrogens is 1. The number of hydrogen-bond donors (Lipinski definition) is 0. The third-order valence-electron chi connectivity index (χ3n) is 12.2. The van der Waals surface area contributed by atoms with Crippen molar-refractivity contribution in [3.63, 3.8) is 0 Å². The van der Waals surface area contributed by atoms with Crippen LogP contribution in [0.5, 0.6) is 0 Å². The van der Waals surface area contributed by atoms with Gasteiger partial charge in [-0.25, -0.2) is 0 Å². The van der Waals surface area contributed by atoms with Gasteiger partial charge in [0.25, 0.3) is 0 Å². The summed E-state index contributed by atoms with van der Waals surface area (Å²) in [4.78, 5) is 2.37. The molecular weight excluding hydrogens is 741 g/mol. The van der Waals surface area contributed by atoms with Gasteiger partial charge in [-0.2, -0.15) is 0 Å². The molecule has 12 rings (SSSR count). The van der Waals surface area contributed by atoms with E-state index in [1.807, 2.05) is 6.07 Å². The molecule has 10 aromatic carbocycles. The number of para-hydroxylation sites is 4. The fourth-order valence-electron chi connectivity index (χ4n) is 9.33. The zero-order valence-corrected chi connectivity index (χ0v) is 33.2. The Kier molecular flexibility index (Phi) is 8.17. The predicted octanol–water partition coefficient (Wildman–Crippen LogP) is 16.3. The van der Waals surface area contributed by atoms with E-state index in [1.165, 1.54) is 49.6 Å². The normalized spacial score (nSPS) is 11.6. The molecule has 0 unspecified atom stereocenters. The van der Waals surface area contributed by atoms with Crippen molar-refractivity contribution < 1.29 is 4.42 Å². The number of anilines is 3. The average Bonchev–Trinajstić information content (AvgIpc) is 3.89. The van der Waals surface area contributed by atoms with E-state index in [0.717, 1.165) is 61.1 Å². The highest BCUT2D eigenvalue weighted by molar-refractivity contribution is 6.23. The molecule has 0 aliphatic heterocycles. The molecule has 286 valence electrons.